The third kappa shape index (κ3) is 3.47. The SMILES string of the molecule is C=CCN1C(=O)COc2ccc(C(=O)Cn3cnc4sc(CC)cc4c3=O)cc21. The minimum absolute atomic E-state index is 0.0460. The molecule has 0 saturated heterocycles. The number of nitrogens with zero attached hydrogens (tertiary/aromatic N) is 3. The Balaban J connectivity index is 1.65. The second-order valence-corrected chi connectivity index (χ2v) is 7.77. The van der Waals surface area contributed by atoms with Gasteiger partial charge in [-0.1, -0.05) is 13.0 Å². The zero-order chi connectivity index (χ0) is 20.5. The van der Waals surface area contributed by atoms with E-state index in [0.29, 0.717) is 33.8 Å². The van der Waals surface area contributed by atoms with E-state index in [1.165, 1.54) is 27.1 Å². The first-order valence-corrected chi connectivity index (χ1v) is 10.0. The number of hydrogen-bond acceptors (Lipinski definition) is 6. The lowest BCUT2D eigenvalue weighted by atomic mass is 10.1. The number of ether oxygens (including phenoxy) is 1. The van der Waals surface area contributed by atoms with E-state index in [2.05, 4.69) is 11.6 Å². The van der Waals surface area contributed by atoms with Crippen molar-refractivity contribution in [2.45, 2.75) is 19.9 Å². The Bertz CT molecular complexity index is 1190. The van der Waals surface area contributed by atoms with Gasteiger partial charge in [0, 0.05) is 17.0 Å². The number of Topliss-reactive ketones (excluding diaryl/α,β-unsaturated/α-hetero) is 1. The van der Waals surface area contributed by atoms with Gasteiger partial charge in [0.25, 0.3) is 11.5 Å². The van der Waals surface area contributed by atoms with E-state index in [9.17, 15) is 14.4 Å². The molecule has 0 fully saturated rings. The first kappa shape index (κ1) is 19.1. The number of aryl methyl sites for hydroxylation is 1. The first-order valence-electron chi connectivity index (χ1n) is 9.21. The summed E-state index contributed by atoms with van der Waals surface area (Å²) in [7, 11) is 0. The van der Waals surface area contributed by atoms with Gasteiger partial charge in [-0.25, -0.2) is 4.98 Å². The number of benzene rings is 1. The van der Waals surface area contributed by atoms with Gasteiger partial charge in [-0.3, -0.25) is 19.0 Å². The minimum Gasteiger partial charge on any atom is -0.482 e. The van der Waals surface area contributed by atoms with Gasteiger partial charge >= 0.3 is 0 Å². The van der Waals surface area contributed by atoms with Gasteiger partial charge in [-0.2, -0.15) is 0 Å². The first-order chi connectivity index (χ1) is 14.0. The molecule has 0 atom stereocenters. The quantitative estimate of drug-likeness (QED) is 0.462. The highest BCUT2D eigenvalue weighted by atomic mass is 32.1. The van der Waals surface area contributed by atoms with Crippen LogP contribution < -0.4 is 15.2 Å². The summed E-state index contributed by atoms with van der Waals surface area (Å²) in [5.41, 5.74) is 0.685. The summed E-state index contributed by atoms with van der Waals surface area (Å²) in [5, 5.41) is 0.531. The highest BCUT2D eigenvalue weighted by Gasteiger charge is 2.25. The molecule has 0 spiro atoms. The molecule has 148 valence electrons. The predicted octanol–water partition coefficient (Wildman–Crippen LogP) is 2.81. The van der Waals surface area contributed by atoms with Crippen molar-refractivity contribution < 1.29 is 14.3 Å². The fraction of sp³-hybridized carbons (Fsp3) is 0.238. The standard InChI is InChI=1S/C21H19N3O4S/c1-3-7-24-16-8-13(5-6-18(16)28-11-19(24)26)17(25)10-23-12-22-20-15(21(23)27)9-14(4-2)29-20/h3,5-6,8-9,12H,1,4,7,10-11H2,2H3. The Morgan fingerprint density at radius 1 is 1.34 bits per heavy atom. The number of aromatic nitrogens is 2. The van der Waals surface area contributed by atoms with Gasteiger partial charge in [0.05, 0.1) is 23.9 Å². The van der Waals surface area contributed by atoms with E-state index >= 15 is 0 Å². The summed E-state index contributed by atoms with van der Waals surface area (Å²) in [6.45, 7) is 5.84. The molecule has 0 unspecified atom stereocenters. The summed E-state index contributed by atoms with van der Waals surface area (Å²) in [6, 6.07) is 6.77. The normalized spacial score (nSPS) is 13.3. The zero-order valence-corrected chi connectivity index (χ0v) is 16.7. The fourth-order valence-electron chi connectivity index (χ4n) is 3.25. The van der Waals surface area contributed by atoms with Crippen LogP contribution in [0.3, 0.4) is 0 Å². The number of carbonyl (C=O) groups excluding carboxylic acids is 2. The number of thiophene rings is 1. The predicted molar refractivity (Wildman–Crippen MR) is 112 cm³/mol. The van der Waals surface area contributed by atoms with Crippen LogP contribution in [0.2, 0.25) is 0 Å². The van der Waals surface area contributed by atoms with Crippen LogP contribution in [0.1, 0.15) is 22.2 Å². The van der Waals surface area contributed by atoms with Gasteiger partial charge in [-0.15, -0.1) is 17.9 Å². The van der Waals surface area contributed by atoms with Crippen molar-refractivity contribution in [2.24, 2.45) is 0 Å². The molecule has 0 saturated carbocycles. The molecule has 3 heterocycles. The van der Waals surface area contributed by atoms with Gasteiger partial charge < -0.3 is 9.64 Å². The second-order valence-electron chi connectivity index (χ2n) is 6.65. The van der Waals surface area contributed by atoms with E-state index in [1.54, 1.807) is 24.3 Å². The number of carbonyl (C=O) groups is 2. The largest absolute Gasteiger partial charge is 0.482 e. The average molecular weight is 409 g/mol. The number of amides is 1. The molecule has 0 aliphatic carbocycles. The number of ketones is 1. The van der Waals surface area contributed by atoms with Gasteiger partial charge in [0.2, 0.25) is 0 Å². The summed E-state index contributed by atoms with van der Waals surface area (Å²) >= 11 is 1.49. The number of anilines is 1. The van der Waals surface area contributed by atoms with Gasteiger partial charge in [0.1, 0.15) is 10.6 Å². The number of hydrogen-bond donors (Lipinski definition) is 0. The van der Waals surface area contributed by atoms with Crippen molar-refractivity contribution in [3.05, 3.63) is 64.0 Å². The molecule has 0 bridgehead atoms. The summed E-state index contributed by atoms with van der Waals surface area (Å²) in [5.74, 6) is 0.0873. The lowest BCUT2D eigenvalue weighted by Gasteiger charge is -2.28. The Labute approximate surface area is 170 Å². The van der Waals surface area contributed by atoms with Crippen molar-refractivity contribution in [2.75, 3.05) is 18.1 Å². The zero-order valence-electron chi connectivity index (χ0n) is 15.9. The molecular formula is C21H19N3O4S. The molecule has 0 radical (unpaired) electrons. The van der Waals surface area contributed by atoms with E-state index < -0.39 is 0 Å². The third-order valence-corrected chi connectivity index (χ3v) is 5.95. The molecular weight excluding hydrogens is 390 g/mol. The molecule has 1 aromatic carbocycles. The maximum atomic E-state index is 12.8. The number of fused-ring (bicyclic) bond motifs is 2. The molecule has 8 heteroatoms. The van der Waals surface area contributed by atoms with Crippen LogP contribution >= 0.6 is 11.3 Å². The third-order valence-electron chi connectivity index (χ3n) is 4.77. The summed E-state index contributed by atoms with van der Waals surface area (Å²) < 4.78 is 6.76. The minimum atomic E-state index is -0.251. The Morgan fingerprint density at radius 2 is 2.17 bits per heavy atom. The Morgan fingerprint density at radius 3 is 2.93 bits per heavy atom. The van der Waals surface area contributed by atoms with Crippen LogP contribution in [0.4, 0.5) is 5.69 Å². The highest BCUT2D eigenvalue weighted by molar-refractivity contribution is 7.18. The van der Waals surface area contributed by atoms with Gasteiger partial charge in [-0.05, 0) is 30.7 Å². The lowest BCUT2D eigenvalue weighted by molar-refractivity contribution is -0.121. The van der Waals surface area contributed by atoms with Crippen LogP contribution in [-0.4, -0.2) is 34.4 Å². The molecule has 3 aromatic rings. The highest BCUT2D eigenvalue weighted by Crippen LogP contribution is 2.33. The van der Waals surface area contributed by atoms with Crippen LogP contribution in [0.5, 0.6) is 5.75 Å². The lowest BCUT2D eigenvalue weighted by Crippen LogP contribution is -2.39. The van der Waals surface area contributed by atoms with Crippen LogP contribution in [0, 0.1) is 0 Å². The Kier molecular flexibility index (Phi) is 5.02. The monoisotopic (exact) mass is 409 g/mol. The van der Waals surface area contributed by atoms with E-state index in [1.807, 2.05) is 13.0 Å². The fourth-order valence-corrected chi connectivity index (χ4v) is 4.17. The van der Waals surface area contributed by atoms with E-state index in [4.69, 9.17) is 4.74 Å². The van der Waals surface area contributed by atoms with Crippen molar-refractivity contribution in [1.82, 2.24) is 9.55 Å². The maximum Gasteiger partial charge on any atom is 0.265 e. The summed E-state index contributed by atoms with van der Waals surface area (Å²) in [6.07, 6.45) is 3.86. The smallest absolute Gasteiger partial charge is 0.265 e. The molecule has 4 rings (SSSR count). The molecule has 7 nitrogen and oxygen atoms in total. The molecule has 2 aromatic heterocycles. The van der Waals surface area contributed by atoms with Gasteiger partial charge in [0.15, 0.2) is 12.4 Å². The van der Waals surface area contributed by atoms with Crippen LogP contribution in [0.15, 0.2) is 48.0 Å². The topological polar surface area (TPSA) is 81.5 Å². The Hall–Kier alpha value is -3.26. The van der Waals surface area contributed by atoms with Crippen molar-refractivity contribution in [1.29, 1.82) is 0 Å². The number of rotatable bonds is 6. The second kappa shape index (κ2) is 7.63. The maximum absolute atomic E-state index is 12.8. The molecule has 1 amide bonds. The molecule has 0 N–H and O–H groups in total. The summed E-state index contributed by atoms with van der Waals surface area (Å²) in [4.78, 5) is 45.3. The van der Waals surface area contributed by atoms with E-state index in [0.717, 1.165) is 11.3 Å². The molecule has 29 heavy (non-hydrogen) atoms. The van der Waals surface area contributed by atoms with Crippen LogP contribution in [0.25, 0.3) is 10.2 Å². The van der Waals surface area contributed by atoms with Crippen LogP contribution in [-0.2, 0) is 17.8 Å². The molecule has 1 aliphatic rings. The molecule has 1 aliphatic heterocycles. The average Bonchev–Trinajstić information content (AvgIpc) is 3.16. The van der Waals surface area contributed by atoms with Crippen molar-refractivity contribution >= 4 is 38.9 Å². The van der Waals surface area contributed by atoms with Crippen molar-refractivity contribution in [3.63, 3.8) is 0 Å². The van der Waals surface area contributed by atoms with E-state index in [-0.39, 0.29) is 30.4 Å². The van der Waals surface area contributed by atoms with Crippen molar-refractivity contribution in [3.8, 4) is 5.75 Å².